The van der Waals surface area contributed by atoms with E-state index in [2.05, 4.69) is 10.6 Å². The number of nitrogens with one attached hydrogen (secondary N) is 2. The highest BCUT2D eigenvalue weighted by molar-refractivity contribution is 8.00. The Morgan fingerprint density at radius 3 is 2.15 bits per heavy atom. The fourth-order valence-electron chi connectivity index (χ4n) is 3.19. The van der Waals surface area contributed by atoms with E-state index >= 15 is 0 Å². The summed E-state index contributed by atoms with van der Waals surface area (Å²) in [4.78, 5) is 26.5. The van der Waals surface area contributed by atoms with Crippen LogP contribution in [-0.4, -0.2) is 38.4 Å². The number of halogens is 1. The van der Waals surface area contributed by atoms with Gasteiger partial charge in [0.05, 0.1) is 32.3 Å². The molecule has 9 heteroatoms. The monoisotopic (exact) mass is 500 g/mol. The lowest BCUT2D eigenvalue weighted by atomic mass is 10.1. The Hall–Kier alpha value is -3.36. The van der Waals surface area contributed by atoms with Crippen LogP contribution in [0.4, 0.5) is 11.4 Å². The molecule has 1 atom stereocenters. The molecule has 0 saturated heterocycles. The molecule has 0 aliphatic carbocycles. The summed E-state index contributed by atoms with van der Waals surface area (Å²) in [6.45, 7) is 1.79. The average Bonchev–Trinajstić information content (AvgIpc) is 2.83. The number of amides is 2. The molecule has 0 radical (unpaired) electrons. The molecule has 34 heavy (non-hydrogen) atoms. The van der Waals surface area contributed by atoms with E-state index in [4.69, 9.17) is 25.8 Å². The SMILES string of the molecule is COc1ccc(Cl)cc1NC(=O)C(C)Sc1cccc(NC(=O)c2c(OC)cccc2OC)c1. The topological polar surface area (TPSA) is 85.9 Å². The third-order valence-electron chi connectivity index (χ3n) is 4.85. The van der Waals surface area contributed by atoms with Gasteiger partial charge in [-0.15, -0.1) is 11.8 Å². The minimum Gasteiger partial charge on any atom is -0.496 e. The summed E-state index contributed by atoms with van der Waals surface area (Å²) in [6, 6.07) is 17.4. The van der Waals surface area contributed by atoms with Crippen molar-refractivity contribution < 1.29 is 23.8 Å². The van der Waals surface area contributed by atoms with E-state index in [-0.39, 0.29) is 11.8 Å². The summed E-state index contributed by atoms with van der Waals surface area (Å²) < 4.78 is 15.9. The number of benzene rings is 3. The van der Waals surface area contributed by atoms with E-state index < -0.39 is 5.25 Å². The Bertz CT molecular complexity index is 1170. The second kappa shape index (κ2) is 11.7. The lowest BCUT2D eigenvalue weighted by Gasteiger charge is -2.15. The molecule has 3 aromatic rings. The lowest BCUT2D eigenvalue weighted by Crippen LogP contribution is -2.22. The Labute approximate surface area is 207 Å². The van der Waals surface area contributed by atoms with Gasteiger partial charge in [-0.05, 0) is 55.5 Å². The smallest absolute Gasteiger partial charge is 0.263 e. The lowest BCUT2D eigenvalue weighted by molar-refractivity contribution is -0.115. The van der Waals surface area contributed by atoms with Crippen molar-refractivity contribution in [1.29, 1.82) is 0 Å². The van der Waals surface area contributed by atoms with Crippen LogP contribution < -0.4 is 24.8 Å². The van der Waals surface area contributed by atoms with Gasteiger partial charge in [0, 0.05) is 15.6 Å². The summed E-state index contributed by atoms with van der Waals surface area (Å²) >= 11 is 7.40. The molecule has 0 heterocycles. The molecule has 3 aromatic carbocycles. The van der Waals surface area contributed by atoms with Crippen LogP contribution in [-0.2, 0) is 4.79 Å². The van der Waals surface area contributed by atoms with Gasteiger partial charge >= 0.3 is 0 Å². The summed E-state index contributed by atoms with van der Waals surface area (Å²) in [5, 5.41) is 5.78. The van der Waals surface area contributed by atoms with Gasteiger partial charge in [0.25, 0.3) is 5.91 Å². The number of ether oxygens (including phenoxy) is 3. The van der Waals surface area contributed by atoms with Crippen LogP contribution in [0.1, 0.15) is 17.3 Å². The molecule has 3 rings (SSSR count). The number of hydrogen-bond donors (Lipinski definition) is 2. The molecule has 1 unspecified atom stereocenters. The van der Waals surface area contributed by atoms with Crippen molar-refractivity contribution in [3.63, 3.8) is 0 Å². The zero-order valence-electron chi connectivity index (χ0n) is 19.2. The van der Waals surface area contributed by atoms with Gasteiger partial charge in [0.1, 0.15) is 22.8 Å². The number of thioether (sulfide) groups is 1. The first-order chi connectivity index (χ1) is 16.4. The van der Waals surface area contributed by atoms with Gasteiger partial charge in [-0.1, -0.05) is 23.7 Å². The van der Waals surface area contributed by atoms with Crippen LogP contribution in [0.25, 0.3) is 0 Å². The first kappa shape index (κ1) is 25.3. The van der Waals surface area contributed by atoms with Gasteiger partial charge in [-0.3, -0.25) is 9.59 Å². The Balaban J connectivity index is 1.71. The van der Waals surface area contributed by atoms with Crippen LogP contribution in [0.3, 0.4) is 0 Å². The summed E-state index contributed by atoms with van der Waals surface area (Å²) in [6.07, 6.45) is 0. The molecule has 0 aliphatic rings. The molecule has 0 saturated carbocycles. The number of hydrogen-bond acceptors (Lipinski definition) is 6. The van der Waals surface area contributed by atoms with Crippen molar-refractivity contribution >= 4 is 46.6 Å². The zero-order valence-corrected chi connectivity index (χ0v) is 20.8. The van der Waals surface area contributed by atoms with Crippen LogP contribution in [0.15, 0.2) is 65.6 Å². The van der Waals surface area contributed by atoms with Gasteiger partial charge in [0.15, 0.2) is 0 Å². The van der Waals surface area contributed by atoms with Crippen molar-refractivity contribution in [2.24, 2.45) is 0 Å². The van der Waals surface area contributed by atoms with Crippen molar-refractivity contribution in [3.8, 4) is 17.2 Å². The van der Waals surface area contributed by atoms with E-state index in [0.29, 0.717) is 39.2 Å². The molecular formula is C25H25ClN2O5S. The molecule has 2 amide bonds. The molecule has 0 bridgehead atoms. The van der Waals surface area contributed by atoms with Crippen LogP contribution in [0, 0.1) is 0 Å². The Morgan fingerprint density at radius 2 is 1.50 bits per heavy atom. The van der Waals surface area contributed by atoms with Gasteiger partial charge < -0.3 is 24.8 Å². The summed E-state index contributed by atoms with van der Waals surface area (Å²) in [5.74, 6) is 0.758. The fraction of sp³-hybridized carbons (Fsp3) is 0.200. The summed E-state index contributed by atoms with van der Waals surface area (Å²) in [5.41, 5.74) is 1.38. The molecule has 7 nitrogen and oxygen atoms in total. The molecule has 0 aliphatic heterocycles. The average molecular weight is 501 g/mol. The van der Waals surface area contributed by atoms with Gasteiger partial charge in [-0.2, -0.15) is 0 Å². The van der Waals surface area contributed by atoms with Crippen molar-refractivity contribution in [3.05, 3.63) is 71.2 Å². The molecule has 2 N–H and O–H groups in total. The van der Waals surface area contributed by atoms with E-state index in [1.807, 2.05) is 12.1 Å². The third kappa shape index (κ3) is 6.15. The highest BCUT2D eigenvalue weighted by Crippen LogP contribution is 2.32. The largest absolute Gasteiger partial charge is 0.496 e. The molecule has 0 aromatic heterocycles. The highest BCUT2D eigenvalue weighted by atomic mass is 35.5. The number of anilines is 2. The second-order valence-electron chi connectivity index (χ2n) is 7.11. The van der Waals surface area contributed by atoms with E-state index in [0.717, 1.165) is 4.90 Å². The maximum atomic E-state index is 12.9. The van der Waals surface area contributed by atoms with E-state index in [1.165, 1.54) is 33.1 Å². The van der Waals surface area contributed by atoms with Crippen LogP contribution >= 0.6 is 23.4 Å². The molecular weight excluding hydrogens is 476 g/mol. The maximum absolute atomic E-state index is 12.9. The number of carbonyl (C=O) groups excluding carboxylic acids is 2. The minimum atomic E-state index is -0.427. The predicted octanol–water partition coefficient (Wildman–Crippen LogP) is 5.74. The second-order valence-corrected chi connectivity index (χ2v) is 8.96. The standard InChI is InChI=1S/C25H25ClN2O5S/c1-15(24(29)28-19-13-16(26)11-12-20(19)31-2)34-18-8-5-7-17(14-18)27-25(30)23-21(32-3)9-6-10-22(23)33-4/h5-15H,1-4H3,(H,27,30)(H,28,29). The summed E-state index contributed by atoms with van der Waals surface area (Å²) in [7, 11) is 4.51. The quantitative estimate of drug-likeness (QED) is 0.364. The first-order valence-corrected chi connectivity index (χ1v) is 11.6. The van der Waals surface area contributed by atoms with Crippen molar-refractivity contribution in [1.82, 2.24) is 0 Å². The Morgan fingerprint density at radius 1 is 0.853 bits per heavy atom. The van der Waals surface area contributed by atoms with Crippen molar-refractivity contribution in [2.75, 3.05) is 32.0 Å². The first-order valence-electron chi connectivity index (χ1n) is 10.3. The Kier molecular flexibility index (Phi) is 8.67. The molecule has 0 spiro atoms. The van der Waals surface area contributed by atoms with E-state index in [9.17, 15) is 9.59 Å². The van der Waals surface area contributed by atoms with Crippen LogP contribution in [0.5, 0.6) is 17.2 Å². The van der Waals surface area contributed by atoms with Crippen molar-refractivity contribution in [2.45, 2.75) is 17.1 Å². The number of carbonyl (C=O) groups is 2. The van der Waals surface area contributed by atoms with Gasteiger partial charge in [0.2, 0.25) is 5.91 Å². The fourth-order valence-corrected chi connectivity index (χ4v) is 4.28. The molecule has 178 valence electrons. The third-order valence-corrected chi connectivity index (χ3v) is 6.18. The normalized spacial score (nSPS) is 11.3. The molecule has 0 fully saturated rings. The maximum Gasteiger partial charge on any atom is 0.263 e. The van der Waals surface area contributed by atoms with E-state index in [1.54, 1.807) is 55.5 Å². The highest BCUT2D eigenvalue weighted by Gasteiger charge is 2.20. The number of methoxy groups -OCH3 is 3. The van der Waals surface area contributed by atoms with Crippen LogP contribution in [0.2, 0.25) is 5.02 Å². The number of rotatable bonds is 9. The predicted molar refractivity (Wildman–Crippen MR) is 136 cm³/mol. The minimum absolute atomic E-state index is 0.209. The zero-order chi connectivity index (χ0) is 24.7. The van der Waals surface area contributed by atoms with Gasteiger partial charge in [-0.25, -0.2) is 0 Å².